The molecule has 7 heteroatoms. The van der Waals surface area contributed by atoms with Crippen molar-refractivity contribution in [2.24, 2.45) is 12.8 Å². The van der Waals surface area contributed by atoms with Gasteiger partial charge in [0, 0.05) is 19.8 Å². The highest BCUT2D eigenvalue weighted by molar-refractivity contribution is 7.92. The second-order valence-electron chi connectivity index (χ2n) is 4.29. The summed E-state index contributed by atoms with van der Waals surface area (Å²) < 4.78 is 28.4. The summed E-state index contributed by atoms with van der Waals surface area (Å²) in [4.78, 5) is 3.84. The molecule has 0 amide bonds. The lowest BCUT2D eigenvalue weighted by atomic mass is 10.1. The third kappa shape index (κ3) is 2.77. The molecule has 0 saturated carbocycles. The zero-order valence-corrected chi connectivity index (χ0v) is 11.6. The van der Waals surface area contributed by atoms with Crippen molar-refractivity contribution in [1.82, 2.24) is 9.55 Å². The lowest BCUT2D eigenvalue weighted by Gasteiger charge is -2.12. The van der Waals surface area contributed by atoms with Gasteiger partial charge in [-0.05, 0) is 24.1 Å². The molecule has 6 nitrogen and oxygen atoms in total. The lowest BCUT2D eigenvalue weighted by Crippen LogP contribution is -2.16. The van der Waals surface area contributed by atoms with Gasteiger partial charge in [-0.2, -0.15) is 8.42 Å². The van der Waals surface area contributed by atoms with Crippen molar-refractivity contribution in [1.29, 1.82) is 0 Å². The number of nitrogens with two attached hydrogens (primary N) is 1. The van der Waals surface area contributed by atoms with Crippen LogP contribution in [-0.4, -0.2) is 18.0 Å². The van der Waals surface area contributed by atoms with E-state index in [0.29, 0.717) is 5.69 Å². The van der Waals surface area contributed by atoms with E-state index in [2.05, 4.69) is 9.71 Å². The molecule has 0 bridgehead atoms. The Morgan fingerprint density at radius 3 is 2.74 bits per heavy atom. The van der Waals surface area contributed by atoms with Crippen LogP contribution in [-0.2, 0) is 23.6 Å². The first-order chi connectivity index (χ1) is 8.94. The van der Waals surface area contributed by atoms with Crippen LogP contribution in [0.1, 0.15) is 11.1 Å². The Morgan fingerprint density at radius 2 is 2.16 bits per heavy atom. The smallest absolute Gasteiger partial charge is 0.280 e. The first kappa shape index (κ1) is 13.6. The summed E-state index contributed by atoms with van der Waals surface area (Å²) in [5.41, 5.74) is 7.88. The minimum Gasteiger partial charge on any atom is -0.339 e. The van der Waals surface area contributed by atoms with E-state index in [9.17, 15) is 8.42 Å². The fourth-order valence-corrected chi connectivity index (χ4v) is 2.87. The first-order valence-corrected chi connectivity index (χ1v) is 7.21. The summed E-state index contributed by atoms with van der Waals surface area (Å²) in [6.45, 7) is 2.16. The third-order valence-electron chi connectivity index (χ3n) is 2.82. The second-order valence-corrected chi connectivity index (χ2v) is 5.92. The summed E-state index contributed by atoms with van der Waals surface area (Å²) >= 11 is 0. The van der Waals surface area contributed by atoms with Crippen LogP contribution in [0.15, 0.2) is 35.7 Å². The normalized spacial score (nSPS) is 11.5. The van der Waals surface area contributed by atoms with Gasteiger partial charge in [-0.1, -0.05) is 12.1 Å². The Kier molecular flexibility index (Phi) is 3.59. The molecule has 0 spiro atoms. The van der Waals surface area contributed by atoms with E-state index in [1.807, 2.05) is 13.0 Å². The maximum atomic E-state index is 12.2. The standard InChI is InChI=1S/C12H16N4O2S/c1-9-4-3-5-11(10(9)6-13)15-19(17,18)12-7-16(2)8-14-12/h3-5,7-8,15H,6,13H2,1-2H3. The number of hydrogen-bond acceptors (Lipinski definition) is 4. The molecule has 102 valence electrons. The van der Waals surface area contributed by atoms with Crippen LogP contribution >= 0.6 is 0 Å². The van der Waals surface area contributed by atoms with Crippen molar-refractivity contribution in [2.75, 3.05) is 4.72 Å². The predicted molar refractivity (Wildman–Crippen MR) is 73.1 cm³/mol. The molecular formula is C12H16N4O2S. The predicted octanol–water partition coefficient (Wildman–Crippen LogP) is 0.988. The number of benzene rings is 1. The van der Waals surface area contributed by atoms with Gasteiger partial charge in [0.15, 0.2) is 5.03 Å². The van der Waals surface area contributed by atoms with Crippen molar-refractivity contribution in [3.63, 3.8) is 0 Å². The average molecular weight is 280 g/mol. The number of nitrogens with one attached hydrogen (secondary N) is 1. The second kappa shape index (κ2) is 5.02. The summed E-state index contributed by atoms with van der Waals surface area (Å²) in [7, 11) is -1.97. The van der Waals surface area contributed by atoms with Crippen LogP contribution in [0.3, 0.4) is 0 Å². The highest BCUT2D eigenvalue weighted by Gasteiger charge is 2.18. The molecule has 0 unspecified atom stereocenters. The summed E-state index contributed by atoms with van der Waals surface area (Å²) in [5.74, 6) is 0. The van der Waals surface area contributed by atoms with E-state index in [1.54, 1.807) is 23.7 Å². The topological polar surface area (TPSA) is 90.0 Å². The van der Waals surface area contributed by atoms with Crippen LogP contribution in [0.2, 0.25) is 0 Å². The largest absolute Gasteiger partial charge is 0.339 e. The Hall–Kier alpha value is -1.86. The van der Waals surface area contributed by atoms with Crippen LogP contribution < -0.4 is 10.5 Å². The van der Waals surface area contributed by atoms with Crippen molar-refractivity contribution in [3.8, 4) is 0 Å². The number of aromatic nitrogens is 2. The van der Waals surface area contributed by atoms with Gasteiger partial charge in [0.2, 0.25) is 0 Å². The molecule has 0 aliphatic carbocycles. The molecular weight excluding hydrogens is 264 g/mol. The van der Waals surface area contributed by atoms with Gasteiger partial charge in [0.1, 0.15) is 0 Å². The van der Waals surface area contributed by atoms with Crippen molar-refractivity contribution < 1.29 is 8.42 Å². The first-order valence-electron chi connectivity index (χ1n) is 5.73. The molecule has 3 N–H and O–H groups in total. The van der Waals surface area contributed by atoms with Crippen LogP contribution in [0, 0.1) is 6.92 Å². The molecule has 0 radical (unpaired) electrons. The van der Waals surface area contributed by atoms with Crippen molar-refractivity contribution in [3.05, 3.63) is 41.9 Å². The Labute approximate surface area is 112 Å². The maximum absolute atomic E-state index is 12.2. The molecule has 0 atom stereocenters. The molecule has 1 aromatic heterocycles. The van der Waals surface area contributed by atoms with Crippen molar-refractivity contribution >= 4 is 15.7 Å². The molecule has 2 rings (SSSR count). The number of hydrogen-bond donors (Lipinski definition) is 2. The maximum Gasteiger partial charge on any atom is 0.280 e. The molecule has 19 heavy (non-hydrogen) atoms. The molecule has 0 aliphatic heterocycles. The van der Waals surface area contributed by atoms with Gasteiger partial charge in [0.25, 0.3) is 10.0 Å². The monoisotopic (exact) mass is 280 g/mol. The number of aryl methyl sites for hydroxylation is 2. The fourth-order valence-electron chi connectivity index (χ4n) is 1.79. The highest BCUT2D eigenvalue weighted by Crippen LogP contribution is 2.21. The minimum absolute atomic E-state index is 0.0144. The summed E-state index contributed by atoms with van der Waals surface area (Å²) in [6.07, 6.45) is 2.88. The van der Waals surface area contributed by atoms with E-state index in [-0.39, 0.29) is 11.6 Å². The van der Waals surface area contributed by atoms with Gasteiger partial charge in [-0.25, -0.2) is 4.98 Å². The quantitative estimate of drug-likeness (QED) is 0.873. The van der Waals surface area contributed by atoms with Gasteiger partial charge in [0.05, 0.1) is 12.0 Å². The Balaban J connectivity index is 2.38. The van der Waals surface area contributed by atoms with E-state index < -0.39 is 10.0 Å². The van der Waals surface area contributed by atoms with E-state index in [0.717, 1.165) is 11.1 Å². The average Bonchev–Trinajstić information content (AvgIpc) is 2.76. The Morgan fingerprint density at radius 1 is 1.42 bits per heavy atom. The highest BCUT2D eigenvalue weighted by atomic mass is 32.2. The third-order valence-corrected chi connectivity index (χ3v) is 4.07. The van der Waals surface area contributed by atoms with Crippen LogP contribution in [0.4, 0.5) is 5.69 Å². The minimum atomic E-state index is -3.68. The van der Waals surface area contributed by atoms with E-state index >= 15 is 0 Å². The van der Waals surface area contributed by atoms with Gasteiger partial charge < -0.3 is 10.3 Å². The molecule has 0 aliphatic rings. The van der Waals surface area contributed by atoms with Gasteiger partial charge in [-0.15, -0.1) is 0 Å². The lowest BCUT2D eigenvalue weighted by molar-refractivity contribution is 0.598. The van der Waals surface area contributed by atoms with E-state index in [4.69, 9.17) is 5.73 Å². The number of imidazole rings is 1. The van der Waals surface area contributed by atoms with Crippen LogP contribution in [0.25, 0.3) is 0 Å². The molecule has 2 aromatic rings. The SMILES string of the molecule is Cc1cccc(NS(=O)(=O)c2cn(C)cn2)c1CN. The van der Waals surface area contributed by atoms with Gasteiger partial charge in [-0.3, -0.25) is 4.72 Å². The Bertz CT molecular complexity index is 692. The van der Waals surface area contributed by atoms with Gasteiger partial charge >= 0.3 is 0 Å². The molecule has 0 fully saturated rings. The summed E-state index contributed by atoms with van der Waals surface area (Å²) in [5, 5.41) is -0.0144. The molecule has 0 saturated heterocycles. The fraction of sp³-hybridized carbons (Fsp3) is 0.250. The number of anilines is 1. The molecule has 1 heterocycles. The van der Waals surface area contributed by atoms with Crippen molar-refractivity contribution in [2.45, 2.75) is 18.5 Å². The number of rotatable bonds is 4. The molecule has 1 aromatic carbocycles. The zero-order chi connectivity index (χ0) is 14.0. The summed E-state index contributed by atoms with van der Waals surface area (Å²) in [6, 6.07) is 5.36. The number of sulfonamides is 1. The number of nitrogens with zero attached hydrogens (tertiary/aromatic N) is 2. The van der Waals surface area contributed by atoms with Crippen LogP contribution in [0.5, 0.6) is 0 Å². The van der Waals surface area contributed by atoms with E-state index in [1.165, 1.54) is 12.5 Å². The zero-order valence-electron chi connectivity index (χ0n) is 10.8.